The van der Waals surface area contributed by atoms with Crippen molar-refractivity contribution >= 4 is 11.8 Å². The van der Waals surface area contributed by atoms with Crippen molar-refractivity contribution in [3.63, 3.8) is 0 Å². The molecule has 18 heavy (non-hydrogen) atoms. The third-order valence-electron chi connectivity index (χ3n) is 2.99. The van der Waals surface area contributed by atoms with E-state index in [9.17, 15) is 5.26 Å². The molecule has 0 aliphatic rings. The molecule has 1 unspecified atom stereocenters. The largest absolute Gasteiger partial charge is 0.340 e. The molecular weight excluding hydrogens is 244 g/mol. The Morgan fingerprint density at radius 3 is 2.94 bits per heavy atom. The van der Waals surface area contributed by atoms with Crippen molar-refractivity contribution in [2.24, 2.45) is 0 Å². The number of thioether (sulfide) groups is 1. The van der Waals surface area contributed by atoms with Crippen LogP contribution in [0.5, 0.6) is 0 Å². The Hall–Kier alpha value is -0.990. The van der Waals surface area contributed by atoms with Gasteiger partial charge in [0, 0.05) is 18.1 Å². The molecule has 0 radical (unpaired) electrons. The van der Waals surface area contributed by atoms with Crippen LogP contribution in [0, 0.1) is 11.3 Å². The number of imidazole rings is 1. The summed E-state index contributed by atoms with van der Waals surface area (Å²) in [6.07, 6.45) is 7.42. The van der Waals surface area contributed by atoms with E-state index in [1.807, 2.05) is 6.20 Å². The molecule has 1 aromatic rings. The second kappa shape index (κ2) is 8.17. The van der Waals surface area contributed by atoms with E-state index in [4.69, 9.17) is 0 Å². The highest BCUT2D eigenvalue weighted by molar-refractivity contribution is 7.99. The molecule has 0 saturated carbocycles. The Labute approximate surface area is 114 Å². The lowest BCUT2D eigenvalue weighted by Gasteiger charge is -2.26. The lowest BCUT2D eigenvalue weighted by Crippen LogP contribution is -2.43. The lowest BCUT2D eigenvalue weighted by molar-refractivity contribution is 0.371. The minimum atomic E-state index is -0.347. The Balaban J connectivity index is 2.31. The number of H-pyrrole nitrogens is 1. The monoisotopic (exact) mass is 266 g/mol. The fraction of sp³-hybridized carbons (Fsp3) is 0.692. The van der Waals surface area contributed by atoms with Crippen molar-refractivity contribution in [2.45, 2.75) is 50.2 Å². The molecule has 0 saturated heterocycles. The van der Waals surface area contributed by atoms with Gasteiger partial charge in [-0.1, -0.05) is 25.6 Å². The number of hydrogen-bond donors (Lipinski definition) is 2. The highest BCUT2D eigenvalue weighted by atomic mass is 32.2. The van der Waals surface area contributed by atoms with Gasteiger partial charge in [0.2, 0.25) is 0 Å². The van der Waals surface area contributed by atoms with Crippen LogP contribution in [0.2, 0.25) is 0 Å². The van der Waals surface area contributed by atoms with Gasteiger partial charge in [0.15, 0.2) is 5.16 Å². The first-order chi connectivity index (χ1) is 8.76. The first-order valence-corrected chi connectivity index (χ1v) is 7.53. The van der Waals surface area contributed by atoms with Crippen molar-refractivity contribution < 1.29 is 0 Å². The maximum atomic E-state index is 9.35. The second-order valence-electron chi connectivity index (χ2n) is 4.32. The van der Waals surface area contributed by atoms with E-state index in [1.54, 1.807) is 18.0 Å². The molecule has 1 atom stereocenters. The van der Waals surface area contributed by atoms with Crippen LogP contribution < -0.4 is 5.32 Å². The topological polar surface area (TPSA) is 64.5 Å². The summed E-state index contributed by atoms with van der Waals surface area (Å²) >= 11 is 1.71. The molecule has 0 amide bonds. The van der Waals surface area contributed by atoms with E-state index in [2.05, 4.69) is 35.2 Å². The van der Waals surface area contributed by atoms with Gasteiger partial charge in [-0.3, -0.25) is 5.32 Å². The van der Waals surface area contributed by atoms with Crippen LogP contribution in [0.15, 0.2) is 17.6 Å². The Kier molecular flexibility index (Phi) is 6.84. The van der Waals surface area contributed by atoms with Crippen LogP contribution in [0.4, 0.5) is 0 Å². The molecule has 0 aliphatic carbocycles. The molecule has 0 bridgehead atoms. The van der Waals surface area contributed by atoms with Crippen LogP contribution in [-0.2, 0) is 0 Å². The fourth-order valence-corrected chi connectivity index (χ4v) is 2.57. The molecule has 0 aromatic carbocycles. The van der Waals surface area contributed by atoms with E-state index < -0.39 is 0 Å². The van der Waals surface area contributed by atoms with Crippen LogP contribution in [-0.4, -0.2) is 27.8 Å². The van der Waals surface area contributed by atoms with Crippen LogP contribution in [0.1, 0.15) is 39.5 Å². The molecule has 1 aromatic heterocycles. The average molecular weight is 266 g/mol. The molecular formula is C13H22N4S. The predicted octanol–water partition coefficient (Wildman–Crippen LogP) is 2.95. The lowest BCUT2D eigenvalue weighted by atomic mass is 9.92. The summed E-state index contributed by atoms with van der Waals surface area (Å²) < 4.78 is 0. The number of nitrogens with one attached hydrogen (secondary N) is 2. The second-order valence-corrected chi connectivity index (χ2v) is 5.40. The molecule has 0 aliphatic heterocycles. The number of hydrogen-bond acceptors (Lipinski definition) is 4. The minimum absolute atomic E-state index is 0.347. The number of aromatic nitrogens is 2. The summed E-state index contributed by atoms with van der Waals surface area (Å²) in [5.74, 6) is 0.991. The van der Waals surface area contributed by atoms with Crippen molar-refractivity contribution in [3.8, 4) is 6.07 Å². The van der Waals surface area contributed by atoms with E-state index in [-0.39, 0.29) is 5.54 Å². The van der Waals surface area contributed by atoms with E-state index in [0.717, 1.165) is 43.1 Å². The normalized spacial score (nSPS) is 14.1. The summed E-state index contributed by atoms with van der Waals surface area (Å²) in [4.78, 5) is 7.24. The minimum Gasteiger partial charge on any atom is -0.340 e. The summed E-state index contributed by atoms with van der Waals surface area (Å²) in [6.45, 7) is 5.11. The highest BCUT2D eigenvalue weighted by Gasteiger charge is 2.26. The average Bonchev–Trinajstić information content (AvgIpc) is 2.92. The van der Waals surface area contributed by atoms with Gasteiger partial charge >= 0.3 is 0 Å². The number of rotatable bonds is 9. The zero-order valence-corrected chi connectivity index (χ0v) is 12.0. The van der Waals surface area contributed by atoms with Gasteiger partial charge < -0.3 is 4.98 Å². The molecule has 4 nitrogen and oxygen atoms in total. The maximum Gasteiger partial charge on any atom is 0.165 e. The van der Waals surface area contributed by atoms with Gasteiger partial charge in [-0.25, -0.2) is 4.98 Å². The number of aromatic amines is 1. The van der Waals surface area contributed by atoms with E-state index in [1.165, 1.54) is 0 Å². The number of nitrogens with zero attached hydrogens (tertiary/aromatic N) is 2. The zero-order valence-electron chi connectivity index (χ0n) is 11.2. The van der Waals surface area contributed by atoms with Gasteiger partial charge in [0.25, 0.3) is 0 Å². The first kappa shape index (κ1) is 15.1. The van der Waals surface area contributed by atoms with E-state index >= 15 is 0 Å². The molecule has 1 heterocycles. The van der Waals surface area contributed by atoms with Crippen molar-refractivity contribution in [1.82, 2.24) is 15.3 Å². The summed E-state index contributed by atoms with van der Waals surface area (Å²) in [6, 6.07) is 2.45. The smallest absolute Gasteiger partial charge is 0.165 e. The highest BCUT2D eigenvalue weighted by Crippen LogP contribution is 2.20. The standard InChI is InChI=1S/C13H22N4S/c1-3-7-17-13(4-2,11-14)6-5-10-18-12-15-8-9-16-12/h8-9,17H,3-7,10H2,1-2H3,(H,15,16). The van der Waals surface area contributed by atoms with Crippen LogP contribution in [0.25, 0.3) is 0 Å². The van der Waals surface area contributed by atoms with Gasteiger partial charge in [-0.05, 0) is 32.2 Å². The molecule has 2 N–H and O–H groups in total. The predicted molar refractivity (Wildman–Crippen MR) is 75.5 cm³/mol. The Morgan fingerprint density at radius 2 is 2.39 bits per heavy atom. The fourth-order valence-electron chi connectivity index (χ4n) is 1.80. The third kappa shape index (κ3) is 4.71. The molecule has 1 rings (SSSR count). The SMILES string of the molecule is CCCNC(C#N)(CC)CCCSc1ncc[nH]1. The Morgan fingerprint density at radius 1 is 1.56 bits per heavy atom. The molecule has 100 valence electrons. The number of nitriles is 1. The van der Waals surface area contributed by atoms with Gasteiger partial charge in [-0.15, -0.1) is 0 Å². The van der Waals surface area contributed by atoms with Crippen molar-refractivity contribution in [1.29, 1.82) is 5.26 Å². The summed E-state index contributed by atoms with van der Waals surface area (Å²) in [5.41, 5.74) is -0.347. The van der Waals surface area contributed by atoms with Crippen LogP contribution in [0.3, 0.4) is 0 Å². The van der Waals surface area contributed by atoms with Gasteiger partial charge in [0.1, 0.15) is 5.54 Å². The quantitative estimate of drug-likeness (QED) is 0.533. The third-order valence-corrected chi connectivity index (χ3v) is 3.98. The summed E-state index contributed by atoms with van der Waals surface area (Å²) in [7, 11) is 0. The van der Waals surface area contributed by atoms with Crippen molar-refractivity contribution in [3.05, 3.63) is 12.4 Å². The maximum absolute atomic E-state index is 9.35. The molecule has 0 spiro atoms. The Bertz CT molecular complexity index is 358. The van der Waals surface area contributed by atoms with Crippen molar-refractivity contribution in [2.75, 3.05) is 12.3 Å². The van der Waals surface area contributed by atoms with Gasteiger partial charge in [0.05, 0.1) is 6.07 Å². The van der Waals surface area contributed by atoms with Gasteiger partial charge in [-0.2, -0.15) is 5.26 Å². The summed E-state index contributed by atoms with van der Waals surface area (Å²) in [5, 5.41) is 13.7. The zero-order chi connectivity index (χ0) is 13.3. The first-order valence-electron chi connectivity index (χ1n) is 6.55. The molecule has 0 fully saturated rings. The molecule has 5 heteroatoms. The van der Waals surface area contributed by atoms with Crippen LogP contribution >= 0.6 is 11.8 Å². The van der Waals surface area contributed by atoms with E-state index in [0.29, 0.717) is 0 Å².